The highest BCUT2D eigenvalue weighted by Crippen LogP contribution is 2.24. The monoisotopic (exact) mass is 264 g/mol. The van der Waals surface area contributed by atoms with Crippen molar-refractivity contribution in [1.29, 1.82) is 0 Å². The molecule has 2 rings (SSSR count). The number of nitrogens with one attached hydrogen (secondary N) is 1. The van der Waals surface area contributed by atoms with E-state index in [0.29, 0.717) is 0 Å². The molecule has 98 valence electrons. The van der Waals surface area contributed by atoms with Crippen LogP contribution < -0.4 is 5.32 Å². The zero-order chi connectivity index (χ0) is 13.0. The Labute approximate surface area is 112 Å². The highest BCUT2D eigenvalue weighted by Gasteiger charge is 2.10. The van der Waals surface area contributed by atoms with E-state index in [1.54, 1.807) is 11.3 Å². The summed E-state index contributed by atoms with van der Waals surface area (Å²) in [7, 11) is 1.91. The van der Waals surface area contributed by atoms with Crippen molar-refractivity contribution in [2.45, 2.75) is 26.8 Å². The summed E-state index contributed by atoms with van der Waals surface area (Å²) in [6.45, 7) is 7.34. The summed E-state index contributed by atoms with van der Waals surface area (Å²) < 4.78 is 0. The molecule has 0 saturated heterocycles. The van der Waals surface area contributed by atoms with E-state index in [-0.39, 0.29) is 0 Å². The SMILES string of the molecule is CCCN(CC)Cc1nc(NC)c2ccsc2n1. The first kappa shape index (κ1) is 13.2. The van der Waals surface area contributed by atoms with E-state index in [1.807, 2.05) is 7.05 Å². The van der Waals surface area contributed by atoms with Gasteiger partial charge in [0.1, 0.15) is 16.5 Å². The van der Waals surface area contributed by atoms with Crippen molar-refractivity contribution in [2.24, 2.45) is 0 Å². The quantitative estimate of drug-likeness (QED) is 0.871. The summed E-state index contributed by atoms with van der Waals surface area (Å²) in [6, 6.07) is 2.07. The molecule has 5 heteroatoms. The van der Waals surface area contributed by atoms with Crippen molar-refractivity contribution in [3.05, 3.63) is 17.3 Å². The third-order valence-corrected chi connectivity index (χ3v) is 3.77. The van der Waals surface area contributed by atoms with Gasteiger partial charge in [-0.15, -0.1) is 11.3 Å². The Morgan fingerprint density at radius 1 is 1.33 bits per heavy atom. The van der Waals surface area contributed by atoms with Crippen molar-refractivity contribution in [3.8, 4) is 0 Å². The fraction of sp³-hybridized carbons (Fsp3) is 0.538. The minimum atomic E-state index is 0.826. The molecule has 1 N–H and O–H groups in total. The van der Waals surface area contributed by atoms with E-state index < -0.39 is 0 Å². The lowest BCUT2D eigenvalue weighted by atomic mass is 10.3. The van der Waals surface area contributed by atoms with Gasteiger partial charge in [0.2, 0.25) is 0 Å². The van der Waals surface area contributed by atoms with E-state index in [2.05, 4.69) is 45.5 Å². The molecule has 2 heterocycles. The first-order valence-corrected chi connectivity index (χ1v) is 7.30. The number of fused-ring (bicyclic) bond motifs is 1. The lowest BCUT2D eigenvalue weighted by Crippen LogP contribution is -2.24. The molecule has 0 aliphatic rings. The van der Waals surface area contributed by atoms with Crippen molar-refractivity contribution >= 4 is 27.4 Å². The molecule has 0 aliphatic carbocycles. The Morgan fingerprint density at radius 2 is 2.17 bits per heavy atom. The van der Waals surface area contributed by atoms with E-state index >= 15 is 0 Å². The second-order valence-electron chi connectivity index (χ2n) is 4.25. The lowest BCUT2D eigenvalue weighted by Gasteiger charge is -2.18. The predicted octanol–water partition coefficient (Wildman–Crippen LogP) is 2.96. The first-order valence-electron chi connectivity index (χ1n) is 6.42. The molecule has 0 fully saturated rings. The number of hydrogen-bond acceptors (Lipinski definition) is 5. The van der Waals surface area contributed by atoms with Crippen LogP contribution in [-0.4, -0.2) is 35.0 Å². The first-order chi connectivity index (χ1) is 8.78. The maximum atomic E-state index is 4.64. The molecule has 0 unspecified atom stereocenters. The third-order valence-electron chi connectivity index (χ3n) is 2.96. The molecule has 0 atom stereocenters. The zero-order valence-corrected chi connectivity index (χ0v) is 12.0. The number of nitrogens with zero attached hydrogens (tertiary/aromatic N) is 3. The number of aromatic nitrogens is 2. The molecule has 2 aromatic heterocycles. The van der Waals surface area contributed by atoms with Crippen LogP contribution in [0.1, 0.15) is 26.1 Å². The molecule has 0 radical (unpaired) electrons. The van der Waals surface area contributed by atoms with E-state index in [0.717, 1.165) is 47.9 Å². The molecule has 0 saturated carbocycles. The summed E-state index contributed by atoms with van der Waals surface area (Å²) in [6.07, 6.45) is 1.16. The molecule has 0 amide bonds. The summed E-state index contributed by atoms with van der Waals surface area (Å²) in [5.74, 6) is 1.84. The van der Waals surface area contributed by atoms with Gasteiger partial charge in [-0.05, 0) is 31.0 Å². The van der Waals surface area contributed by atoms with Crippen molar-refractivity contribution < 1.29 is 0 Å². The maximum Gasteiger partial charge on any atom is 0.146 e. The van der Waals surface area contributed by atoms with Crippen molar-refractivity contribution in [2.75, 3.05) is 25.5 Å². The van der Waals surface area contributed by atoms with Crippen LogP contribution in [-0.2, 0) is 6.54 Å². The Balaban J connectivity index is 2.27. The normalized spacial score (nSPS) is 11.3. The summed E-state index contributed by atoms with van der Waals surface area (Å²) in [4.78, 5) is 12.7. The van der Waals surface area contributed by atoms with Crippen molar-refractivity contribution in [1.82, 2.24) is 14.9 Å². The van der Waals surface area contributed by atoms with Crippen LogP contribution in [0.5, 0.6) is 0 Å². The molecule has 0 bridgehead atoms. The van der Waals surface area contributed by atoms with Gasteiger partial charge in [-0.3, -0.25) is 4.90 Å². The zero-order valence-electron chi connectivity index (χ0n) is 11.2. The van der Waals surface area contributed by atoms with Gasteiger partial charge in [-0.25, -0.2) is 9.97 Å². The smallest absolute Gasteiger partial charge is 0.146 e. The number of thiophene rings is 1. The van der Waals surface area contributed by atoms with Gasteiger partial charge in [-0.2, -0.15) is 0 Å². The Hall–Kier alpha value is -1.20. The highest BCUT2D eigenvalue weighted by molar-refractivity contribution is 7.16. The summed E-state index contributed by atoms with van der Waals surface area (Å²) in [5, 5.41) is 6.34. The Bertz CT molecular complexity index is 509. The van der Waals surface area contributed by atoms with Crippen LogP contribution >= 0.6 is 11.3 Å². The molecular weight excluding hydrogens is 244 g/mol. The molecule has 18 heavy (non-hydrogen) atoms. The fourth-order valence-corrected chi connectivity index (χ4v) is 2.81. The number of anilines is 1. The Kier molecular flexibility index (Phi) is 4.49. The largest absolute Gasteiger partial charge is 0.372 e. The summed E-state index contributed by atoms with van der Waals surface area (Å²) >= 11 is 1.67. The van der Waals surface area contributed by atoms with Gasteiger partial charge < -0.3 is 5.32 Å². The van der Waals surface area contributed by atoms with Crippen LogP contribution in [0.4, 0.5) is 5.82 Å². The standard InChI is InChI=1S/C13H20N4S/c1-4-7-17(5-2)9-11-15-12(14-3)10-6-8-18-13(10)16-11/h6,8H,4-5,7,9H2,1-3H3,(H,14,15,16). The maximum absolute atomic E-state index is 4.64. The van der Waals surface area contributed by atoms with E-state index in [1.165, 1.54) is 0 Å². The molecule has 0 aromatic carbocycles. The van der Waals surface area contributed by atoms with Gasteiger partial charge in [0.25, 0.3) is 0 Å². The number of hydrogen-bond donors (Lipinski definition) is 1. The molecule has 4 nitrogen and oxygen atoms in total. The fourth-order valence-electron chi connectivity index (χ4n) is 2.03. The van der Waals surface area contributed by atoms with Crippen molar-refractivity contribution in [3.63, 3.8) is 0 Å². The van der Waals surface area contributed by atoms with Crippen LogP contribution in [0.2, 0.25) is 0 Å². The molecule has 2 aromatic rings. The Morgan fingerprint density at radius 3 is 2.83 bits per heavy atom. The minimum absolute atomic E-state index is 0.826. The molecule has 0 spiro atoms. The summed E-state index contributed by atoms with van der Waals surface area (Å²) in [5.41, 5.74) is 0. The van der Waals surface area contributed by atoms with Gasteiger partial charge in [0.15, 0.2) is 0 Å². The van der Waals surface area contributed by atoms with Crippen LogP contribution in [0.15, 0.2) is 11.4 Å². The molecule has 0 aliphatic heterocycles. The predicted molar refractivity (Wildman–Crippen MR) is 78.2 cm³/mol. The average molecular weight is 264 g/mol. The van der Waals surface area contributed by atoms with Gasteiger partial charge in [-0.1, -0.05) is 13.8 Å². The minimum Gasteiger partial charge on any atom is -0.372 e. The average Bonchev–Trinajstić information content (AvgIpc) is 2.85. The van der Waals surface area contributed by atoms with Gasteiger partial charge in [0, 0.05) is 7.05 Å². The van der Waals surface area contributed by atoms with E-state index in [9.17, 15) is 0 Å². The van der Waals surface area contributed by atoms with Crippen LogP contribution in [0.3, 0.4) is 0 Å². The van der Waals surface area contributed by atoms with Gasteiger partial charge in [0.05, 0.1) is 11.9 Å². The number of rotatable bonds is 6. The van der Waals surface area contributed by atoms with Gasteiger partial charge >= 0.3 is 0 Å². The topological polar surface area (TPSA) is 41.1 Å². The second kappa shape index (κ2) is 6.11. The molecular formula is C13H20N4S. The highest BCUT2D eigenvalue weighted by atomic mass is 32.1. The van der Waals surface area contributed by atoms with Crippen LogP contribution in [0.25, 0.3) is 10.2 Å². The van der Waals surface area contributed by atoms with Crippen LogP contribution in [0, 0.1) is 0 Å². The second-order valence-corrected chi connectivity index (χ2v) is 5.14. The van der Waals surface area contributed by atoms with E-state index in [4.69, 9.17) is 0 Å². The lowest BCUT2D eigenvalue weighted by molar-refractivity contribution is 0.274. The third kappa shape index (κ3) is 2.79.